The molecule has 1 aliphatic carbocycles. The van der Waals surface area contributed by atoms with Gasteiger partial charge in [0.15, 0.2) is 0 Å². The standard InChI is InChI=1S/C18H15BrN2O2/c19-15-9-2-1-5-14(15)17-12-7-3-6-11(12)13-8-4-10-16(21(22)23)18(13)20-17/h1-6,8-12,17,20H,7H2/t11-,12-,17-/m1/s1. The predicted molar refractivity (Wildman–Crippen MR) is 93.6 cm³/mol. The molecule has 0 amide bonds. The van der Waals surface area contributed by atoms with Gasteiger partial charge in [-0.25, -0.2) is 0 Å². The van der Waals surface area contributed by atoms with Gasteiger partial charge in [-0.1, -0.05) is 58.4 Å². The van der Waals surface area contributed by atoms with Crippen LogP contribution in [-0.4, -0.2) is 4.92 Å². The summed E-state index contributed by atoms with van der Waals surface area (Å²) in [6.45, 7) is 0. The molecule has 4 rings (SSSR count). The van der Waals surface area contributed by atoms with E-state index < -0.39 is 0 Å². The van der Waals surface area contributed by atoms with Gasteiger partial charge in [0.1, 0.15) is 5.69 Å². The van der Waals surface area contributed by atoms with Crippen LogP contribution >= 0.6 is 15.9 Å². The van der Waals surface area contributed by atoms with Crippen LogP contribution in [0.15, 0.2) is 59.1 Å². The Kier molecular flexibility index (Phi) is 3.45. The fourth-order valence-electron chi connectivity index (χ4n) is 3.79. The van der Waals surface area contributed by atoms with E-state index in [9.17, 15) is 10.1 Å². The lowest BCUT2D eigenvalue weighted by Gasteiger charge is -2.37. The molecular formula is C18H15BrN2O2. The molecule has 23 heavy (non-hydrogen) atoms. The van der Waals surface area contributed by atoms with Crippen molar-refractivity contribution in [2.75, 3.05) is 5.32 Å². The SMILES string of the molecule is O=[N+]([O-])c1cccc2c1N[C@@H](c1ccccc1Br)[C@@H]1CC=C[C@@H]21. The van der Waals surface area contributed by atoms with Crippen molar-refractivity contribution in [1.82, 2.24) is 0 Å². The zero-order chi connectivity index (χ0) is 16.0. The monoisotopic (exact) mass is 370 g/mol. The minimum Gasteiger partial charge on any atom is -0.372 e. The molecule has 1 N–H and O–H groups in total. The first-order chi connectivity index (χ1) is 11.2. The number of fused-ring (bicyclic) bond motifs is 3. The van der Waals surface area contributed by atoms with Crippen molar-refractivity contribution < 1.29 is 4.92 Å². The lowest BCUT2D eigenvalue weighted by Crippen LogP contribution is -2.29. The Morgan fingerprint density at radius 1 is 1.13 bits per heavy atom. The molecule has 2 aromatic carbocycles. The Morgan fingerprint density at radius 3 is 2.70 bits per heavy atom. The van der Waals surface area contributed by atoms with Crippen LogP contribution < -0.4 is 5.32 Å². The van der Waals surface area contributed by atoms with Gasteiger partial charge in [0.2, 0.25) is 0 Å². The van der Waals surface area contributed by atoms with Crippen LogP contribution in [-0.2, 0) is 0 Å². The molecular weight excluding hydrogens is 356 g/mol. The smallest absolute Gasteiger partial charge is 0.292 e. The van der Waals surface area contributed by atoms with Gasteiger partial charge >= 0.3 is 0 Å². The summed E-state index contributed by atoms with van der Waals surface area (Å²) >= 11 is 3.62. The fourth-order valence-corrected chi connectivity index (χ4v) is 4.32. The number of rotatable bonds is 2. The van der Waals surface area contributed by atoms with Crippen molar-refractivity contribution in [3.63, 3.8) is 0 Å². The summed E-state index contributed by atoms with van der Waals surface area (Å²) in [7, 11) is 0. The normalized spacial score (nSPS) is 24.7. The van der Waals surface area contributed by atoms with E-state index >= 15 is 0 Å². The van der Waals surface area contributed by atoms with Crippen molar-refractivity contribution in [2.24, 2.45) is 5.92 Å². The molecule has 0 fully saturated rings. The van der Waals surface area contributed by atoms with Crippen molar-refractivity contribution in [1.29, 1.82) is 0 Å². The number of hydrogen-bond donors (Lipinski definition) is 1. The molecule has 2 aliphatic rings. The zero-order valence-corrected chi connectivity index (χ0v) is 13.9. The number of para-hydroxylation sites is 1. The first kappa shape index (κ1) is 14.5. The maximum atomic E-state index is 11.4. The lowest BCUT2D eigenvalue weighted by atomic mass is 9.77. The summed E-state index contributed by atoms with van der Waals surface area (Å²) in [5.74, 6) is 0.603. The largest absolute Gasteiger partial charge is 0.372 e. The summed E-state index contributed by atoms with van der Waals surface area (Å²) in [6, 6.07) is 13.5. The third-order valence-corrected chi connectivity index (χ3v) is 5.53. The quantitative estimate of drug-likeness (QED) is 0.449. The molecule has 4 nitrogen and oxygen atoms in total. The van der Waals surface area contributed by atoms with E-state index in [4.69, 9.17) is 0 Å². The van der Waals surface area contributed by atoms with Crippen LogP contribution in [0.4, 0.5) is 11.4 Å². The minimum atomic E-state index is -0.304. The predicted octanol–water partition coefficient (Wildman–Crippen LogP) is 5.18. The number of allylic oxidation sites excluding steroid dienone is 2. The summed E-state index contributed by atoms with van der Waals surface area (Å²) < 4.78 is 1.03. The molecule has 5 heteroatoms. The number of halogens is 1. The third-order valence-electron chi connectivity index (χ3n) is 4.81. The highest BCUT2D eigenvalue weighted by atomic mass is 79.9. The van der Waals surface area contributed by atoms with E-state index in [2.05, 4.69) is 39.5 Å². The highest BCUT2D eigenvalue weighted by molar-refractivity contribution is 9.10. The highest BCUT2D eigenvalue weighted by Gasteiger charge is 2.40. The average Bonchev–Trinajstić information content (AvgIpc) is 3.04. The molecule has 1 heterocycles. The summed E-state index contributed by atoms with van der Waals surface area (Å²) in [5.41, 5.74) is 2.99. The number of nitro groups is 1. The molecule has 1 aliphatic heterocycles. The molecule has 2 aromatic rings. The lowest BCUT2D eigenvalue weighted by molar-refractivity contribution is -0.384. The van der Waals surface area contributed by atoms with Crippen molar-refractivity contribution in [2.45, 2.75) is 18.4 Å². The Balaban J connectivity index is 1.87. The average molecular weight is 371 g/mol. The molecule has 0 bridgehead atoms. The van der Waals surface area contributed by atoms with E-state index in [0.29, 0.717) is 11.6 Å². The number of benzene rings is 2. The maximum absolute atomic E-state index is 11.4. The van der Waals surface area contributed by atoms with Gasteiger partial charge < -0.3 is 5.32 Å². The van der Waals surface area contributed by atoms with Crippen LogP contribution in [0.1, 0.15) is 29.5 Å². The van der Waals surface area contributed by atoms with Gasteiger partial charge in [-0.05, 0) is 29.5 Å². The maximum Gasteiger partial charge on any atom is 0.292 e. The van der Waals surface area contributed by atoms with Crippen LogP contribution in [0.25, 0.3) is 0 Å². The van der Waals surface area contributed by atoms with E-state index in [1.165, 1.54) is 0 Å². The molecule has 0 aromatic heterocycles. The summed E-state index contributed by atoms with van der Waals surface area (Å²) in [6.07, 6.45) is 5.36. The van der Waals surface area contributed by atoms with Crippen molar-refractivity contribution in [3.8, 4) is 0 Å². The highest BCUT2D eigenvalue weighted by Crippen LogP contribution is 2.52. The molecule has 0 spiro atoms. The Bertz CT molecular complexity index is 818. The number of anilines is 1. The van der Waals surface area contributed by atoms with E-state index in [-0.39, 0.29) is 22.6 Å². The molecule has 0 saturated heterocycles. The molecule has 0 unspecified atom stereocenters. The second-order valence-corrected chi connectivity index (χ2v) is 6.85. The van der Waals surface area contributed by atoms with Gasteiger partial charge in [0.05, 0.1) is 11.0 Å². The second kappa shape index (κ2) is 5.49. The van der Waals surface area contributed by atoms with Crippen molar-refractivity contribution >= 4 is 27.3 Å². The van der Waals surface area contributed by atoms with Gasteiger partial charge in [-0.15, -0.1) is 0 Å². The second-order valence-electron chi connectivity index (χ2n) is 6.00. The Morgan fingerprint density at radius 2 is 1.91 bits per heavy atom. The topological polar surface area (TPSA) is 55.2 Å². The molecule has 0 radical (unpaired) electrons. The zero-order valence-electron chi connectivity index (χ0n) is 12.3. The van der Waals surface area contributed by atoms with Crippen LogP contribution in [0, 0.1) is 16.0 Å². The Labute approximate surface area is 142 Å². The van der Waals surface area contributed by atoms with Gasteiger partial charge in [-0.3, -0.25) is 10.1 Å². The van der Waals surface area contributed by atoms with E-state index in [1.54, 1.807) is 12.1 Å². The molecule has 3 atom stereocenters. The molecule has 116 valence electrons. The number of nitro benzene ring substituents is 1. The first-order valence-electron chi connectivity index (χ1n) is 7.61. The van der Waals surface area contributed by atoms with Crippen LogP contribution in [0.3, 0.4) is 0 Å². The van der Waals surface area contributed by atoms with Crippen LogP contribution in [0.5, 0.6) is 0 Å². The first-order valence-corrected chi connectivity index (χ1v) is 8.41. The van der Waals surface area contributed by atoms with Crippen LogP contribution in [0.2, 0.25) is 0 Å². The molecule has 0 saturated carbocycles. The van der Waals surface area contributed by atoms with E-state index in [0.717, 1.165) is 22.0 Å². The fraction of sp³-hybridized carbons (Fsp3) is 0.222. The van der Waals surface area contributed by atoms with E-state index in [1.807, 2.05) is 24.3 Å². The minimum absolute atomic E-state index is 0.0548. The number of nitrogens with one attached hydrogen (secondary N) is 1. The number of nitrogens with zero attached hydrogens (tertiary/aromatic N) is 1. The summed E-state index contributed by atoms with van der Waals surface area (Å²) in [5, 5.41) is 14.9. The van der Waals surface area contributed by atoms with Gasteiger partial charge in [-0.2, -0.15) is 0 Å². The number of hydrogen-bond acceptors (Lipinski definition) is 3. The Hall–Kier alpha value is -2.14. The summed E-state index contributed by atoms with van der Waals surface area (Å²) in [4.78, 5) is 11.1. The van der Waals surface area contributed by atoms with Gasteiger partial charge in [0, 0.05) is 16.5 Å². The third kappa shape index (κ3) is 2.27. The van der Waals surface area contributed by atoms with Gasteiger partial charge in [0.25, 0.3) is 5.69 Å². The van der Waals surface area contributed by atoms with Crippen molar-refractivity contribution in [3.05, 3.63) is 80.3 Å².